The van der Waals surface area contributed by atoms with E-state index < -0.39 is 29.4 Å². The van der Waals surface area contributed by atoms with Crippen molar-refractivity contribution >= 4 is 5.97 Å². The van der Waals surface area contributed by atoms with E-state index >= 15 is 0 Å². The third-order valence-electron chi connectivity index (χ3n) is 3.55. The Bertz CT molecular complexity index is 634. The van der Waals surface area contributed by atoms with Crippen molar-refractivity contribution in [2.24, 2.45) is 5.92 Å². The Balaban J connectivity index is 2.34. The second-order valence-corrected chi connectivity index (χ2v) is 5.05. The Morgan fingerprint density at radius 3 is 2.73 bits per heavy atom. The molecule has 2 rings (SSSR count). The normalized spacial score (nSPS) is 13.8. The van der Waals surface area contributed by atoms with E-state index in [0.717, 1.165) is 12.1 Å². The monoisotopic (exact) mass is 310 g/mol. The lowest BCUT2D eigenvalue weighted by Crippen LogP contribution is -2.25. The van der Waals surface area contributed by atoms with Crippen LogP contribution in [0.4, 0.5) is 8.78 Å². The first-order valence-electron chi connectivity index (χ1n) is 6.93. The van der Waals surface area contributed by atoms with Crippen LogP contribution in [0, 0.1) is 17.6 Å². The number of nitrogens with one attached hydrogen (secondary N) is 1. The number of carboxylic acids is 1. The van der Waals surface area contributed by atoms with Gasteiger partial charge in [0, 0.05) is 12.0 Å². The summed E-state index contributed by atoms with van der Waals surface area (Å²) in [6.45, 7) is 1.86. The fourth-order valence-electron chi connectivity index (χ4n) is 2.47. The van der Waals surface area contributed by atoms with Crippen LogP contribution >= 0.6 is 0 Å². The van der Waals surface area contributed by atoms with Gasteiger partial charge >= 0.3 is 5.97 Å². The lowest BCUT2D eigenvalue weighted by atomic mass is 9.83. The number of aromatic amines is 1. The molecule has 0 bridgehead atoms. The quantitative estimate of drug-likeness (QED) is 0.818. The van der Waals surface area contributed by atoms with Crippen molar-refractivity contribution in [3.63, 3.8) is 0 Å². The molecule has 118 valence electrons. The number of carbonyl (C=O) groups is 1. The Kier molecular flexibility index (Phi) is 5.13. The van der Waals surface area contributed by atoms with E-state index in [-0.39, 0.29) is 17.8 Å². The van der Waals surface area contributed by atoms with Crippen LogP contribution in [-0.4, -0.2) is 31.7 Å². The molecule has 0 saturated carbocycles. The SMILES string of the molecule is CCC[C@H](C(=O)O)C(Cc1ccc(F)cc1F)c1nn[nH]n1. The summed E-state index contributed by atoms with van der Waals surface area (Å²) < 4.78 is 26.8. The van der Waals surface area contributed by atoms with Crippen LogP contribution in [0.15, 0.2) is 18.2 Å². The average molecular weight is 310 g/mol. The largest absolute Gasteiger partial charge is 0.481 e. The fraction of sp³-hybridized carbons (Fsp3) is 0.429. The zero-order valence-corrected chi connectivity index (χ0v) is 12.0. The molecule has 2 aromatic rings. The van der Waals surface area contributed by atoms with Crippen molar-refractivity contribution in [3.05, 3.63) is 41.2 Å². The number of aromatic nitrogens is 4. The second-order valence-electron chi connectivity index (χ2n) is 5.05. The third kappa shape index (κ3) is 3.63. The number of benzene rings is 1. The van der Waals surface area contributed by atoms with E-state index in [9.17, 15) is 18.7 Å². The molecule has 22 heavy (non-hydrogen) atoms. The summed E-state index contributed by atoms with van der Waals surface area (Å²) in [5, 5.41) is 22.8. The van der Waals surface area contributed by atoms with Crippen LogP contribution in [0.25, 0.3) is 0 Å². The van der Waals surface area contributed by atoms with Crippen molar-refractivity contribution in [1.29, 1.82) is 0 Å². The van der Waals surface area contributed by atoms with Gasteiger partial charge in [-0.25, -0.2) is 8.78 Å². The number of H-pyrrole nitrogens is 1. The Morgan fingerprint density at radius 2 is 2.18 bits per heavy atom. The molecule has 0 radical (unpaired) electrons. The topological polar surface area (TPSA) is 91.8 Å². The molecule has 0 fully saturated rings. The van der Waals surface area contributed by atoms with Crippen molar-refractivity contribution in [2.75, 3.05) is 0 Å². The molecule has 1 aromatic heterocycles. The summed E-state index contributed by atoms with van der Waals surface area (Å²) in [7, 11) is 0. The summed E-state index contributed by atoms with van der Waals surface area (Å²) in [6.07, 6.45) is 1.11. The van der Waals surface area contributed by atoms with E-state index in [1.54, 1.807) is 0 Å². The van der Waals surface area contributed by atoms with Gasteiger partial charge < -0.3 is 5.11 Å². The van der Waals surface area contributed by atoms with Crippen LogP contribution < -0.4 is 0 Å². The number of aliphatic carboxylic acids is 1. The highest BCUT2D eigenvalue weighted by Crippen LogP contribution is 2.30. The summed E-state index contributed by atoms with van der Waals surface area (Å²) in [5.41, 5.74) is 0.221. The zero-order valence-electron chi connectivity index (χ0n) is 12.0. The lowest BCUT2D eigenvalue weighted by molar-refractivity contribution is -0.143. The first-order valence-corrected chi connectivity index (χ1v) is 6.93. The molecular formula is C14H16F2N4O2. The Labute approximate surface area is 125 Å². The first-order chi connectivity index (χ1) is 10.5. The molecule has 2 N–H and O–H groups in total. The average Bonchev–Trinajstić information content (AvgIpc) is 2.98. The molecule has 0 saturated heterocycles. The van der Waals surface area contributed by atoms with Gasteiger partial charge in [0.15, 0.2) is 5.82 Å². The van der Waals surface area contributed by atoms with E-state index in [1.165, 1.54) is 6.07 Å². The molecule has 1 heterocycles. The van der Waals surface area contributed by atoms with Crippen LogP contribution in [0.5, 0.6) is 0 Å². The molecule has 0 aliphatic heterocycles. The van der Waals surface area contributed by atoms with Gasteiger partial charge in [0.1, 0.15) is 11.6 Å². The van der Waals surface area contributed by atoms with Gasteiger partial charge in [0.05, 0.1) is 5.92 Å². The minimum absolute atomic E-state index is 0.0581. The third-order valence-corrected chi connectivity index (χ3v) is 3.55. The van der Waals surface area contributed by atoms with Crippen LogP contribution in [0.1, 0.15) is 37.1 Å². The van der Waals surface area contributed by atoms with E-state index in [0.29, 0.717) is 12.8 Å². The molecule has 0 spiro atoms. The van der Waals surface area contributed by atoms with Crippen molar-refractivity contribution in [3.8, 4) is 0 Å². The first kappa shape index (κ1) is 16.0. The smallest absolute Gasteiger partial charge is 0.307 e. The number of rotatable bonds is 7. The molecule has 0 amide bonds. The van der Waals surface area contributed by atoms with Crippen LogP contribution in [0.2, 0.25) is 0 Å². The molecule has 1 aromatic carbocycles. The van der Waals surface area contributed by atoms with E-state index in [4.69, 9.17) is 0 Å². The molecule has 8 heteroatoms. The van der Waals surface area contributed by atoms with Crippen LogP contribution in [-0.2, 0) is 11.2 Å². The molecule has 1 unspecified atom stereocenters. The standard InChI is InChI=1S/C14H16F2N4O2/c1-2-3-10(14(21)22)11(13-17-19-20-18-13)6-8-4-5-9(15)7-12(8)16/h4-5,7,10-11H,2-3,6H2,1H3,(H,21,22)(H,17,18,19,20)/t10-,11?/m0/s1. The summed E-state index contributed by atoms with van der Waals surface area (Å²) in [5.74, 6) is -3.60. The number of halogens is 2. The minimum Gasteiger partial charge on any atom is -0.481 e. The predicted molar refractivity (Wildman–Crippen MR) is 73.0 cm³/mol. The minimum atomic E-state index is -1.00. The lowest BCUT2D eigenvalue weighted by Gasteiger charge is -2.21. The number of nitrogens with zero attached hydrogens (tertiary/aromatic N) is 3. The van der Waals surface area contributed by atoms with Gasteiger partial charge in [-0.15, -0.1) is 10.2 Å². The second kappa shape index (κ2) is 7.06. The zero-order chi connectivity index (χ0) is 16.1. The van der Waals surface area contributed by atoms with Crippen molar-refractivity contribution < 1.29 is 18.7 Å². The highest BCUT2D eigenvalue weighted by Gasteiger charge is 2.32. The van der Waals surface area contributed by atoms with Crippen LogP contribution in [0.3, 0.4) is 0 Å². The van der Waals surface area contributed by atoms with E-state index in [2.05, 4.69) is 20.6 Å². The Morgan fingerprint density at radius 1 is 1.41 bits per heavy atom. The number of tetrazole rings is 1. The maximum Gasteiger partial charge on any atom is 0.307 e. The molecule has 0 aliphatic carbocycles. The molecule has 6 nitrogen and oxygen atoms in total. The van der Waals surface area contributed by atoms with Gasteiger partial charge in [0.25, 0.3) is 0 Å². The number of carboxylic acid groups (broad SMARTS) is 1. The number of hydrogen-bond acceptors (Lipinski definition) is 4. The molecular weight excluding hydrogens is 294 g/mol. The molecule has 2 atom stereocenters. The maximum absolute atomic E-state index is 13.9. The highest BCUT2D eigenvalue weighted by molar-refractivity contribution is 5.71. The number of hydrogen-bond donors (Lipinski definition) is 2. The van der Waals surface area contributed by atoms with Gasteiger partial charge in [-0.1, -0.05) is 24.6 Å². The van der Waals surface area contributed by atoms with Gasteiger partial charge in [-0.05, 0) is 24.5 Å². The maximum atomic E-state index is 13.9. The summed E-state index contributed by atoms with van der Waals surface area (Å²) in [6, 6.07) is 3.22. The van der Waals surface area contributed by atoms with E-state index in [1.807, 2.05) is 6.92 Å². The predicted octanol–water partition coefficient (Wildman–Crippen LogP) is 2.31. The fourth-order valence-corrected chi connectivity index (χ4v) is 2.47. The van der Waals surface area contributed by atoms with Crippen molar-refractivity contribution in [2.45, 2.75) is 32.1 Å². The van der Waals surface area contributed by atoms with Crippen molar-refractivity contribution in [1.82, 2.24) is 20.6 Å². The van der Waals surface area contributed by atoms with Gasteiger partial charge in [0.2, 0.25) is 0 Å². The highest BCUT2D eigenvalue weighted by atomic mass is 19.1. The summed E-state index contributed by atoms with van der Waals surface area (Å²) in [4.78, 5) is 11.5. The Hall–Kier alpha value is -2.38. The molecule has 0 aliphatic rings. The van der Waals surface area contributed by atoms with Gasteiger partial charge in [-0.2, -0.15) is 5.21 Å². The van der Waals surface area contributed by atoms with Gasteiger partial charge in [-0.3, -0.25) is 4.79 Å². The summed E-state index contributed by atoms with van der Waals surface area (Å²) >= 11 is 0.